The lowest BCUT2D eigenvalue weighted by atomic mass is 10.2. The van der Waals surface area contributed by atoms with Gasteiger partial charge >= 0.3 is 0 Å². The lowest BCUT2D eigenvalue weighted by molar-refractivity contribution is 0.628. The van der Waals surface area contributed by atoms with Gasteiger partial charge in [-0.05, 0) is 65.9 Å². The van der Waals surface area contributed by atoms with E-state index >= 15 is 0 Å². The number of hydrogen-bond donors (Lipinski definition) is 1. The molecule has 1 aromatic carbocycles. The number of benzene rings is 1. The highest BCUT2D eigenvalue weighted by atomic mass is 79.9. The van der Waals surface area contributed by atoms with Gasteiger partial charge in [0.2, 0.25) is 0 Å². The minimum atomic E-state index is 0.729. The van der Waals surface area contributed by atoms with E-state index in [1.807, 2.05) is 25.3 Å². The van der Waals surface area contributed by atoms with Crippen LogP contribution in [-0.4, -0.2) is 21.5 Å². The van der Waals surface area contributed by atoms with Gasteiger partial charge in [-0.3, -0.25) is 0 Å². The second-order valence-corrected chi connectivity index (χ2v) is 6.54. The average molecular weight is 356 g/mol. The molecule has 0 radical (unpaired) electrons. The van der Waals surface area contributed by atoms with Crippen LogP contribution in [0.1, 0.15) is 24.1 Å². The van der Waals surface area contributed by atoms with Gasteiger partial charge < -0.3 is 5.32 Å². The third kappa shape index (κ3) is 3.22. The van der Waals surface area contributed by atoms with Gasteiger partial charge in [-0.1, -0.05) is 16.8 Å². The number of aryl methyl sites for hydroxylation is 1. The van der Waals surface area contributed by atoms with Crippen LogP contribution in [-0.2, 0) is 6.54 Å². The van der Waals surface area contributed by atoms with Crippen molar-refractivity contribution >= 4 is 27.5 Å². The molecule has 106 valence electrons. The normalized spacial score (nSPS) is 14.8. The monoisotopic (exact) mass is 354 g/mol. The van der Waals surface area contributed by atoms with Gasteiger partial charge in [-0.15, -0.1) is 5.10 Å². The van der Waals surface area contributed by atoms with Crippen LogP contribution in [0.25, 0.3) is 5.69 Å². The Bertz CT molecular complexity index is 622. The molecule has 1 aliphatic carbocycles. The summed E-state index contributed by atoms with van der Waals surface area (Å²) in [7, 11) is 0. The summed E-state index contributed by atoms with van der Waals surface area (Å²) in [5.41, 5.74) is 2.88. The van der Waals surface area contributed by atoms with Crippen LogP contribution in [0.2, 0.25) is 5.02 Å². The maximum Gasteiger partial charge on any atom is 0.0969 e. The van der Waals surface area contributed by atoms with Crippen LogP contribution < -0.4 is 5.32 Å². The van der Waals surface area contributed by atoms with Crippen molar-refractivity contribution in [2.45, 2.75) is 26.3 Å². The SMILES string of the molecule is Cc1cc(Br)c(-n2cc(CNCC3CC3)nn2)cc1Cl. The number of nitrogens with one attached hydrogen (secondary N) is 1. The van der Waals surface area contributed by atoms with Gasteiger partial charge in [-0.25, -0.2) is 4.68 Å². The lowest BCUT2D eigenvalue weighted by Gasteiger charge is -2.06. The number of aromatic nitrogens is 3. The molecule has 0 atom stereocenters. The summed E-state index contributed by atoms with van der Waals surface area (Å²) in [6.45, 7) is 3.81. The number of nitrogens with zero attached hydrogens (tertiary/aromatic N) is 3. The lowest BCUT2D eigenvalue weighted by Crippen LogP contribution is -2.16. The first-order valence-electron chi connectivity index (χ1n) is 6.71. The minimum absolute atomic E-state index is 0.729. The molecule has 2 aromatic rings. The van der Waals surface area contributed by atoms with Crippen molar-refractivity contribution in [1.82, 2.24) is 20.3 Å². The third-order valence-corrected chi connectivity index (χ3v) is 4.49. The maximum atomic E-state index is 6.17. The Hall–Kier alpha value is -0.910. The molecule has 1 heterocycles. The van der Waals surface area contributed by atoms with E-state index < -0.39 is 0 Å². The van der Waals surface area contributed by atoms with Crippen LogP contribution in [0.3, 0.4) is 0 Å². The first-order valence-corrected chi connectivity index (χ1v) is 7.88. The zero-order chi connectivity index (χ0) is 14.1. The molecule has 0 amide bonds. The molecule has 20 heavy (non-hydrogen) atoms. The second-order valence-electron chi connectivity index (χ2n) is 5.28. The van der Waals surface area contributed by atoms with Crippen LogP contribution in [0, 0.1) is 12.8 Å². The van der Waals surface area contributed by atoms with Crippen LogP contribution >= 0.6 is 27.5 Å². The van der Waals surface area contributed by atoms with Crippen LogP contribution in [0.4, 0.5) is 0 Å². The smallest absolute Gasteiger partial charge is 0.0969 e. The summed E-state index contributed by atoms with van der Waals surface area (Å²) >= 11 is 9.72. The van der Waals surface area contributed by atoms with Gasteiger partial charge in [0.1, 0.15) is 0 Å². The highest BCUT2D eigenvalue weighted by Gasteiger charge is 2.20. The van der Waals surface area contributed by atoms with Gasteiger partial charge in [0.25, 0.3) is 0 Å². The van der Waals surface area contributed by atoms with Crippen molar-refractivity contribution < 1.29 is 0 Å². The minimum Gasteiger partial charge on any atom is -0.311 e. The molecular weight excluding hydrogens is 340 g/mol. The van der Waals surface area contributed by atoms with Crippen molar-refractivity contribution in [3.8, 4) is 5.69 Å². The van der Waals surface area contributed by atoms with Crippen molar-refractivity contribution in [3.05, 3.63) is 39.1 Å². The van der Waals surface area contributed by atoms with Gasteiger partial charge in [0.05, 0.1) is 17.6 Å². The predicted molar refractivity (Wildman–Crippen MR) is 83.2 cm³/mol. The zero-order valence-electron chi connectivity index (χ0n) is 11.2. The van der Waals surface area contributed by atoms with E-state index in [9.17, 15) is 0 Å². The van der Waals surface area contributed by atoms with E-state index in [0.29, 0.717) is 0 Å². The van der Waals surface area contributed by atoms with E-state index in [1.54, 1.807) is 4.68 Å². The summed E-state index contributed by atoms with van der Waals surface area (Å²) in [6, 6.07) is 3.89. The number of halogens is 2. The second kappa shape index (κ2) is 5.84. The number of hydrogen-bond acceptors (Lipinski definition) is 3. The Labute approximate surface area is 131 Å². The zero-order valence-corrected chi connectivity index (χ0v) is 13.6. The molecule has 0 spiro atoms. The van der Waals surface area contributed by atoms with Crippen molar-refractivity contribution in [2.24, 2.45) is 5.92 Å². The van der Waals surface area contributed by atoms with Gasteiger partial charge in [0.15, 0.2) is 0 Å². The Morgan fingerprint density at radius 3 is 3.00 bits per heavy atom. The molecule has 0 unspecified atom stereocenters. The predicted octanol–water partition coefficient (Wildman–Crippen LogP) is 3.49. The van der Waals surface area contributed by atoms with E-state index in [2.05, 4.69) is 31.6 Å². The fraction of sp³-hybridized carbons (Fsp3) is 0.429. The highest BCUT2D eigenvalue weighted by molar-refractivity contribution is 9.10. The molecule has 4 nitrogen and oxygen atoms in total. The quantitative estimate of drug-likeness (QED) is 0.893. The summed E-state index contributed by atoms with van der Waals surface area (Å²) < 4.78 is 2.71. The van der Waals surface area contributed by atoms with Gasteiger partial charge in [-0.2, -0.15) is 0 Å². The first kappa shape index (κ1) is 14.0. The third-order valence-electron chi connectivity index (χ3n) is 3.45. The molecule has 0 bridgehead atoms. The molecule has 1 fully saturated rings. The summed E-state index contributed by atoms with van der Waals surface area (Å²) in [4.78, 5) is 0. The molecule has 1 aromatic heterocycles. The summed E-state index contributed by atoms with van der Waals surface area (Å²) in [6.07, 6.45) is 4.65. The first-order chi connectivity index (χ1) is 9.63. The topological polar surface area (TPSA) is 42.7 Å². The molecule has 0 saturated heterocycles. The number of rotatable bonds is 5. The molecule has 0 aliphatic heterocycles. The summed E-state index contributed by atoms with van der Waals surface area (Å²) in [5, 5.41) is 12.5. The standard InChI is InChI=1S/C14H16BrClN4/c1-9-4-12(15)14(5-13(9)16)20-8-11(18-19-20)7-17-6-10-2-3-10/h4-5,8,10,17H,2-3,6-7H2,1H3. The Morgan fingerprint density at radius 2 is 2.25 bits per heavy atom. The maximum absolute atomic E-state index is 6.17. The van der Waals surface area contributed by atoms with E-state index in [4.69, 9.17) is 11.6 Å². The van der Waals surface area contributed by atoms with Crippen LogP contribution in [0.5, 0.6) is 0 Å². The fourth-order valence-corrected chi connectivity index (χ4v) is 2.83. The molecule has 6 heteroatoms. The van der Waals surface area contributed by atoms with Crippen molar-refractivity contribution in [1.29, 1.82) is 0 Å². The highest BCUT2D eigenvalue weighted by Crippen LogP contribution is 2.28. The van der Waals surface area contributed by atoms with E-state index in [-0.39, 0.29) is 0 Å². The molecule has 1 saturated carbocycles. The van der Waals surface area contributed by atoms with Crippen molar-refractivity contribution in [2.75, 3.05) is 6.54 Å². The van der Waals surface area contributed by atoms with E-state index in [0.717, 1.165) is 45.4 Å². The molecule has 3 rings (SSSR count). The Balaban J connectivity index is 1.73. The Morgan fingerprint density at radius 1 is 1.45 bits per heavy atom. The largest absolute Gasteiger partial charge is 0.311 e. The summed E-state index contributed by atoms with van der Waals surface area (Å²) in [5.74, 6) is 0.870. The van der Waals surface area contributed by atoms with E-state index in [1.165, 1.54) is 12.8 Å². The molecule has 1 N–H and O–H groups in total. The fourth-order valence-electron chi connectivity index (χ4n) is 2.03. The van der Waals surface area contributed by atoms with Gasteiger partial charge in [0, 0.05) is 16.0 Å². The van der Waals surface area contributed by atoms with Crippen molar-refractivity contribution in [3.63, 3.8) is 0 Å². The molecule has 1 aliphatic rings. The molecular formula is C14H16BrClN4. The Kier molecular flexibility index (Phi) is 4.10. The average Bonchev–Trinajstić information content (AvgIpc) is 3.11. The van der Waals surface area contributed by atoms with Crippen LogP contribution in [0.15, 0.2) is 22.8 Å².